The third-order valence-corrected chi connectivity index (χ3v) is 14.0. The van der Waals surface area contributed by atoms with E-state index in [2.05, 4.69) is 41.0 Å². The highest BCUT2D eigenvalue weighted by atomic mass is 19.3. The number of hydrogen-bond acceptors (Lipinski definition) is 13. The van der Waals surface area contributed by atoms with Crippen molar-refractivity contribution in [3.63, 3.8) is 0 Å². The van der Waals surface area contributed by atoms with Gasteiger partial charge in [-0.25, -0.2) is 46.6 Å². The molecule has 12 heterocycles. The highest BCUT2D eigenvalue weighted by molar-refractivity contribution is 6.04. The number of aryl methyl sites for hydroxylation is 4. The number of carbonyl (C=O) groups excluding carboxylic acids is 3. The molecule has 3 aliphatic heterocycles. The molecule has 25 heteroatoms. The van der Waals surface area contributed by atoms with Crippen LogP contribution in [0.25, 0.3) is 22.6 Å². The molecule has 3 amide bonds. The van der Waals surface area contributed by atoms with Gasteiger partial charge in [-0.1, -0.05) is 19.2 Å². The minimum Gasteiger partial charge on any atom is -0.352 e. The van der Waals surface area contributed by atoms with Crippen molar-refractivity contribution in [2.45, 2.75) is 71.8 Å². The number of fused-ring (bicyclic) bond motifs is 3. The first-order valence-electron chi connectivity index (χ1n) is 25.4. The van der Waals surface area contributed by atoms with Crippen molar-refractivity contribution in [2.24, 2.45) is 0 Å². The van der Waals surface area contributed by atoms with Crippen LogP contribution in [0.1, 0.15) is 78.9 Å². The SMILES string of the molecule is Cc1cc(C)nc(NC(=O)c2c[n+](Cc3cc(C)nc(NC(=O)c4c[n+](-c5cc(C)nc(NC(=O)c6cnc7ccc(N8CCC(F)C8)nn67)c5)c5ccc(N6CCC(F)C6)nn45)c3)c3ccc(N4CCC(F)(F)C4)nn23)c1. The van der Waals surface area contributed by atoms with Crippen molar-refractivity contribution in [3.8, 4) is 5.69 Å². The summed E-state index contributed by atoms with van der Waals surface area (Å²) in [5.41, 5.74) is 5.65. The Balaban J connectivity index is 0.851. The van der Waals surface area contributed by atoms with Crippen LogP contribution in [-0.2, 0) is 6.54 Å². The van der Waals surface area contributed by atoms with Gasteiger partial charge in [-0.15, -0.1) is 5.10 Å². The number of nitrogens with zero attached hydrogens (tertiary/aromatic N) is 15. The third-order valence-electron chi connectivity index (χ3n) is 14.0. The van der Waals surface area contributed by atoms with Gasteiger partial charge in [0.05, 0.1) is 25.8 Å². The van der Waals surface area contributed by atoms with Gasteiger partial charge in [0.15, 0.2) is 29.2 Å². The normalized spacial score (nSPS) is 17.3. The minimum absolute atomic E-state index is 0.0943. The number of carbonyl (C=O) groups is 3. The minimum atomic E-state index is -2.87. The van der Waals surface area contributed by atoms with Gasteiger partial charge < -0.3 is 30.7 Å². The van der Waals surface area contributed by atoms with Crippen LogP contribution in [0.15, 0.2) is 91.4 Å². The molecule has 9 aromatic heterocycles. The number of amides is 3. The van der Waals surface area contributed by atoms with Crippen molar-refractivity contribution in [3.05, 3.63) is 137 Å². The van der Waals surface area contributed by atoms with Gasteiger partial charge in [0.2, 0.25) is 0 Å². The van der Waals surface area contributed by atoms with Crippen LogP contribution >= 0.6 is 0 Å². The van der Waals surface area contributed by atoms with Gasteiger partial charge in [-0.05, 0) is 100 Å². The fraction of sp³-hybridized carbons (Fsp3) is 0.321. The van der Waals surface area contributed by atoms with Crippen LogP contribution < -0.4 is 39.8 Å². The summed E-state index contributed by atoms with van der Waals surface area (Å²) < 4.78 is 65.2. The predicted octanol–water partition coefficient (Wildman–Crippen LogP) is 5.75. The zero-order chi connectivity index (χ0) is 54.1. The lowest BCUT2D eigenvalue weighted by Gasteiger charge is -2.16. The smallest absolute Gasteiger partial charge is 0.313 e. The van der Waals surface area contributed by atoms with Crippen molar-refractivity contribution in [1.29, 1.82) is 0 Å². The van der Waals surface area contributed by atoms with Crippen LogP contribution in [0.4, 0.5) is 52.5 Å². The van der Waals surface area contributed by atoms with Gasteiger partial charge >= 0.3 is 23.1 Å². The largest absolute Gasteiger partial charge is 0.352 e. The van der Waals surface area contributed by atoms with Gasteiger partial charge in [-0.2, -0.15) is 4.57 Å². The quantitative estimate of drug-likeness (QED) is 0.0985. The van der Waals surface area contributed by atoms with E-state index in [4.69, 9.17) is 10.2 Å². The third kappa shape index (κ3) is 9.81. The Morgan fingerprint density at radius 3 is 1.79 bits per heavy atom. The Labute approximate surface area is 442 Å². The molecule has 0 saturated carbocycles. The summed E-state index contributed by atoms with van der Waals surface area (Å²) >= 11 is 0. The van der Waals surface area contributed by atoms with Gasteiger partial charge in [0.1, 0.15) is 54.0 Å². The van der Waals surface area contributed by atoms with E-state index in [1.165, 1.54) is 24.6 Å². The molecule has 3 fully saturated rings. The van der Waals surface area contributed by atoms with E-state index in [9.17, 15) is 31.9 Å². The van der Waals surface area contributed by atoms with Crippen molar-refractivity contribution >= 4 is 69.6 Å². The van der Waals surface area contributed by atoms with Crippen molar-refractivity contribution in [1.82, 2.24) is 48.8 Å². The van der Waals surface area contributed by atoms with E-state index in [0.29, 0.717) is 88.7 Å². The molecule has 3 saturated heterocycles. The van der Waals surface area contributed by atoms with Gasteiger partial charge in [-0.3, -0.25) is 14.4 Å². The standard InChI is InChI=1S/C53H50F4N18O3/c1-30-17-31(2)59-41(18-30)62-51(77)39-27-71(48-9-7-47(67-74(39)48)70-16-13-53(56,57)29-70)24-34-19-32(3)60-42(21-34)63-52(78)40-28-72(49-10-8-46(66-75(40)49)69-15-12-36(55)26-69)37-20-33(4)61-43(22-37)64-50(76)38-23-58-44-5-6-45(65-73(38)44)68-14-11-35(54)25-68/h5-10,17-23,27-28,35-36H,11-16,24-26,29H2,1-4H3,(H-2,59,60,61,62,63,64,76,77,78)/p+2. The van der Waals surface area contributed by atoms with Gasteiger partial charge in [0, 0.05) is 67.4 Å². The molecule has 3 aliphatic rings. The fourth-order valence-corrected chi connectivity index (χ4v) is 10.4. The lowest BCUT2D eigenvalue weighted by atomic mass is 10.2. The summed E-state index contributed by atoms with van der Waals surface area (Å²) in [6, 6.07) is 21.0. The predicted molar refractivity (Wildman–Crippen MR) is 279 cm³/mol. The summed E-state index contributed by atoms with van der Waals surface area (Å²) in [6.45, 7) is 8.31. The average molecular weight is 1070 g/mol. The van der Waals surface area contributed by atoms with Crippen LogP contribution in [0.5, 0.6) is 0 Å². The Hall–Kier alpha value is -9.16. The lowest BCUT2D eigenvalue weighted by Crippen LogP contribution is -2.33. The molecule has 0 bridgehead atoms. The van der Waals surface area contributed by atoms with E-state index in [1.54, 1.807) is 96.0 Å². The number of alkyl halides is 4. The van der Waals surface area contributed by atoms with Gasteiger partial charge in [0.25, 0.3) is 23.2 Å². The summed E-state index contributed by atoms with van der Waals surface area (Å²) in [4.78, 5) is 65.8. The number of imidazole rings is 3. The number of aromatic nitrogens is 12. The first-order valence-corrected chi connectivity index (χ1v) is 25.4. The second-order valence-electron chi connectivity index (χ2n) is 20.1. The molecule has 0 spiro atoms. The summed E-state index contributed by atoms with van der Waals surface area (Å²) in [5.74, 6) is -2.51. The van der Waals surface area contributed by atoms with Crippen LogP contribution in [0.3, 0.4) is 0 Å². The Bertz CT molecular complexity index is 3880. The molecular formula is C53H52F4N18O3+2. The molecule has 78 heavy (non-hydrogen) atoms. The number of nitrogens with one attached hydrogen (secondary N) is 3. The molecule has 12 rings (SSSR count). The maximum absolute atomic E-state index is 14.7. The zero-order valence-electron chi connectivity index (χ0n) is 42.8. The molecule has 0 aliphatic carbocycles. The summed E-state index contributed by atoms with van der Waals surface area (Å²) in [6.07, 6.45) is 3.05. The maximum Gasteiger partial charge on any atom is 0.313 e. The first-order chi connectivity index (χ1) is 37.4. The number of anilines is 6. The molecule has 398 valence electrons. The molecule has 0 radical (unpaired) electrons. The van der Waals surface area contributed by atoms with E-state index in [1.807, 2.05) is 35.8 Å². The first kappa shape index (κ1) is 49.7. The fourth-order valence-electron chi connectivity index (χ4n) is 10.4. The van der Waals surface area contributed by atoms with Crippen molar-refractivity contribution < 1.29 is 41.1 Å². The average Bonchev–Trinajstić information content (AvgIpc) is 4.33. The second-order valence-corrected chi connectivity index (χ2v) is 20.1. The van der Waals surface area contributed by atoms with Crippen LogP contribution in [0.2, 0.25) is 0 Å². The molecule has 21 nitrogen and oxygen atoms in total. The molecule has 0 aromatic carbocycles. The Morgan fingerprint density at radius 1 is 0.615 bits per heavy atom. The number of halogens is 4. The molecule has 3 N–H and O–H groups in total. The Kier molecular flexibility index (Phi) is 12.4. The molecular weight excluding hydrogens is 1010 g/mol. The lowest BCUT2D eigenvalue weighted by molar-refractivity contribution is -0.662. The number of pyridine rings is 3. The van der Waals surface area contributed by atoms with Crippen LogP contribution in [0, 0.1) is 27.7 Å². The Morgan fingerprint density at radius 2 is 1.17 bits per heavy atom. The summed E-state index contributed by atoms with van der Waals surface area (Å²) in [5, 5.41) is 22.9. The van der Waals surface area contributed by atoms with E-state index < -0.39 is 42.5 Å². The number of rotatable bonds is 12. The monoisotopic (exact) mass is 1060 g/mol. The second kappa shape index (κ2) is 19.4. The zero-order valence-corrected chi connectivity index (χ0v) is 42.8. The maximum atomic E-state index is 14.7. The van der Waals surface area contributed by atoms with Crippen molar-refractivity contribution in [2.75, 3.05) is 69.9 Å². The topological polar surface area (TPSA) is 208 Å². The van der Waals surface area contributed by atoms with E-state index in [0.717, 1.165) is 5.56 Å². The highest BCUT2D eigenvalue weighted by Crippen LogP contribution is 2.31. The molecule has 2 atom stereocenters. The summed E-state index contributed by atoms with van der Waals surface area (Å²) in [7, 11) is 0. The number of hydrogen-bond donors (Lipinski definition) is 3. The highest BCUT2D eigenvalue weighted by Gasteiger charge is 2.40. The van der Waals surface area contributed by atoms with E-state index in [-0.39, 0.29) is 67.1 Å². The van der Waals surface area contributed by atoms with E-state index >= 15 is 0 Å². The molecule has 9 aromatic rings. The van der Waals surface area contributed by atoms with Crippen LogP contribution in [-0.4, -0.2) is 124 Å². The molecule has 2 unspecified atom stereocenters.